The lowest BCUT2D eigenvalue weighted by molar-refractivity contribution is -0.213. The summed E-state index contributed by atoms with van der Waals surface area (Å²) in [6.45, 7) is 3.52. The van der Waals surface area contributed by atoms with Gasteiger partial charge in [0.15, 0.2) is 0 Å². The Hall–Kier alpha value is -4.79. The van der Waals surface area contributed by atoms with Crippen molar-refractivity contribution in [3.8, 4) is 22.8 Å². The normalized spacial score (nSPS) is 17.8. The lowest BCUT2D eigenvalue weighted by Gasteiger charge is -2.56. The summed E-state index contributed by atoms with van der Waals surface area (Å²) in [6, 6.07) is 8.73. The number of hydrogen-bond acceptors (Lipinski definition) is 9. The van der Waals surface area contributed by atoms with Crippen LogP contribution in [0.3, 0.4) is 0 Å². The van der Waals surface area contributed by atoms with Crippen LogP contribution >= 0.6 is 11.6 Å². The van der Waals surface area contributed by atoms with Crippen molar-refractivity contribution in [1.29, 1.82) is 0 Å². The first kappa shape index (κ1) is 31.2. The minimum atomic E-state index is -5.12. The second-order valence-corrected chi connectivity index (χ2v) is 12.0. The molecule has 3 aliphatic rings. The first-order valence-electron chi connectivity index (χ1n) is 14.2. The topological polar surface area (TPSA) is 123 Å². The molecule has 4 aromatic heterocycles. The quantitative estimate of drug-likeness (QED) is 0.254. The number of carbonyl (C=O) groups excluding carboxylic acids is 2. The number of urea groups is 1. The van der Waals surface area contributed by atoms with Crippen LogP contribution in [0.25, 0.3) is 16.6 Å². The lowest BCUT2D eigenvalue weighted by atomic mass is 9.88. The number of rotatable bonds is 8. The molecule has 0 saturated carbocycles. The number of amides is 2. The van der Waals surface area contributed by atoms with Crippen molar-refractivity contribution in [3.63, 3.8) is 0 Å². The summed E-state index contributed by atoms with van der Waals surface area (Å²) >= 11 is 6.44. The predicted octanol–water partition coefficient (Wildman–Crippen LogP) is 5.21. The van der Waals surface area contributed by atoms with Crippen LogP contribution in [0.1, 0.15) is 20.3 Å². The van der Waals surface area contributed by atoms with Crippen molar-refractivity contribution in [3.05, 3.63) is 60.1 Å². The number of fused-ring (bicyclic) bond motifs is 3. The molecule has 2 atom stereocenters. The monoisotopic (exact) mass is 659 g/mol. The van der Waals surface area contributed by atoms with Crippen LogP contribution in [0.4, 0.5) is 29.5 Å². The number of anilines is 2. The highest BCUT2D eigenvalue weighted by Gasteiger charge is 2.48. The highest BCUT2D eigenvalue weighted by Crippen LogP contribution is 2.37. The predicted molar refractivity (Wildman–Crippen MR) is 161 cm³/mol. The molecular formula is C30H29ClF3N7O5. The van der Waals surface area contributed by atoms with Crippen LogP contribution in [-0.4, -0.2) is 87.1 Å². The summed E-state index contributed by atoms with van der Waals surface area (Å²) in [7, 11) is 1.53. The Morgan fingerprint density at radius 3 is 2.46 bits per heavy atom. The van der Waals surface area contributed by atoms with Crippen LogP contribution in [-0.2, 0) is 9.53 Å². The number of piperazine rings is 1. The van der Waals surface area contributed by atoms with Crippen LogP contribution in [0, 0.1) is 0 Å². The Balaban J connectivity index is 1.13. The minimum absolute atomic E-state index is 0.0325. The number of pyridine rings is 3. The maximum atomic E-state index is 13.0. The van der Waals surface area contributed by atoms with Gasteiger partial charge in [0.1, 0.15) is 23.8 Å². The number of piperidine rings is 1. The molecule has 4 aromatic rings. The van der Waals surface area contributed by atoms with Gasteiger partial charge in [-0.15, -0.1) is 0 Å². The summed E-state index contributed by atoms with van der Waals surface area (Å²) < 4.78 is 55.0. The summed E-state index contributed by atoms with van der Waals surface area (Å²) in [4.78, 5) is 37.1. The highest BCUT2D eigenvalue weighted by atomic mass is 35.5. The Bertz CT molecular complexity index is 1750. The number of methoxy groups -OCH3 is 1. The third-order valence-electron chi connectivity index (χ3n) is 7.74. The fourth-order valence-corrected chi connectivity index (χ4v) is 5.81. The van der Waals surface area contributed by atoms with Crippen molar-refractivity contribution >= 4 is 40.6 Å². The molecule has 2 bridgehead atoms. The van der Waals surface area contributed by atoms with Gasteiger partial charge in [-0.05, 0) is 44.5 Å². The second-order valence-electron chi connectivity index (χ2n) is 11.6. The Morgan fingerprint density at radius 2 is 1.83 bits per heavy atom. The summed E-state index contributed by atoms with van der Waals surface area (Å²) in [6.07, 6.45) is 2.02. The van der Waals surface area contributed by atoms with Gasteiger partial charge in [0, 0.05) is 36.5 Å². The molecule has 16 heteroatoms. The van der Waals surface area contributed by atoms with E-state index < -0.39 is 17.7 Å². The molecule has 242 valence electrons. The van der Waals surface area contributed by atoms with Crippen LogP contribution in [0.15, 0.2) is 55.1 Å². The van der Waals surface area contributed by atoms with E-state index in [1.54, 1.807) is 30.6 Å². The van der Waals surface area contributed by atoms with E-state index >= 15 is 0 Å². The second kappa shape index (κ2) is 11.9. The molecule has 12 nitrogen and oxygen atoms in total. The standard InChI is InChI=1S/C30H29ClF3N7O5/c1-29(2,46-27(42)30(32,33)34)16-45-21-9-22(26-23(31)12-37-40(26)15-21)17-4-6-24(35-10-17)39-13-19-8-20(14-39)41(19)28(43)38-18-5-7-25(44-3)36-11-18/h4-7,9-12,15,19-20H,8,13-14,16H2,1-3H3,(H,38,43). The molecule has 3 saturated heterocycles. The number of nitrogens with zero attached hydrogens (tertiary/aromatic N) is 6. The molecule has 3 aliphatic heterocycles. The number of hydrogen-bond donors (Lipinski definition) is 1. The molecule has 7 rings (SSSR count). The zero-order valence-electron chi connectivity index (χ0n) is 24.9. The van der Waals surface area contributed by atoms with Gasteiger partial charge < -0.3 is 29.3 Å². The van der Waals surface area contributed by atoms with Gasteiger partial charge in [0.05, 0.1) is 54.0 Å². The molecule has 1 N–H and O–H groups in total. The molecule has 0 spiro atoms. The average molecular weight is 660 g/mol. The number of nitrogens with one attached hydrogen (secondary N) is 1. The van der Waals surface area contributed by atoms with E-state index in [0.29, 0.717) is 46.3 Å². The van der Waals surface area contributed by atoms with E-state index in [1.165, 1.54) is 37.9 Å². The molecule has 46 heavy (non-hydrogen) atoms. The van der Waals surface area contributed by atoms with Crippen molar-refractivity contribution in [1.82, 2.24) is 24.5 Å². The van der Waals surface area contributed by atoms with Gasteiger partial charge in [-0.2, -0.15) is 18.3 Å². The smallest absolute Gasteiger partial charge is 0.488 e. The number of alkyl halides is 3. The van der Waals surface area contributed by atoms with Gasteiger partial charge >= 0.3 is 18.2 Å². The maximum absolute atomic E-state index is 13.0. The number of halogens is 4. The molecule has 0 aromatic carbocycles. The van der Waals surface area contributed by atoms with Crippen molar-refractivity contribution in [2.45, 2.75) is 44.1 Å². The molecule has 2 unspecified atom stereocenters. The van der Waals surface area contributed by atoms with Crippen molar-refractivity contribution in [2.75, 3.05) is 37.0 Å². The summed E-state index contributed by atoms with van der Waals surface area (Å²) in [5.74, 6) is -0.824. The van der Waals surface area contributed by atoms with Crippen LogP contribution < -0.4 is 19.7 Å². The Morgan fingerprint density at radius 1 is 1.07 bits per heavy atom. The lowest BCUT2D eigenvalue weighted by Crippen LogP contribution is -2.71. The van der Waals surface area contributed by atoms with Gasteiger partial charge in [-0.3, -0.25) is 0 Å². The van der Waals surface area contributed by atoms with Crippen LogP contribution in [0.2, 0.25) is 5.02 Å². The third kappa shape index (κ3) is 6.32. The van der Waals surface area contributed by atoms with Crippen molar-refractivity contribution in [2.24, 2.45) is 0 Å². The first-order valence-corrected chi connectivity index (χ1v) is 14.6. The number of esters is 1. The molecule has 0 aliphatic carbocycles. The zero-order chi connectivity index (χ0) is 32.8. The molecule has 2 amide bonds. The van der Waals surface area contributed by atoms with E-state index in [-0.39, 0.29) is 30.5 Å². The van der Waals surface area contributed by atoms with E-state index in [2.05, 4.69) is 30.0 Å². The minimum Gasteiger partial charge on any atom is -0.488 e. The van der Waals surface area contributed by atoms with Gasteiger partial charge in [0.2, 0.25) is 5.88 Å². The molecule has 7 heterocycles. The summed E-state index contributed by atoms with van der Waals surface area (Å²) in [5.41, 5.74) is 0.923. The Labute approximate surface area is 266 Å². The largest absolute Gasteiger partial charge is 0.490 e. The zero-order valence-corrected chi connectivity index (χ0v) is 25.7. The van der Waals surface area contributed by atoms with E-state index in [0.717, 1.165) is 12.2 Å². The third-order valence-corrected chi connectivity index (χ3v) is 8.01. The highest BCUT2D eigenvalue weighted by molar-refractivity contribution is 6.34. The van der Waals surface area contributed by atoms with Gasteiger partial charge in [-0.1, -0.05) is 11.6 Å². The van der Waals surface area contributed by atoms with Gasteiger partial charge in [0.25, 0.3) is 0 Å². The van der Waals surface area contributed by atoms with Crippen LogP contribution in [0.5, 0.6) is 11.6 Å². The van der Waals surface area contributed by atoms with Gasteiger partial charge in [-0.25, -0.2) is 24.1 Å². The van der Waals surface area contributed by atoms with E-state index in [9.17, 15) is 22.8 Å². The van der Waals surface area contributed by atoms with E-state index in [4.69, 9.17) is 21.1 Å². The number of carbonyl (C=O) groups is 2. The van der Waals surface area contributed by atoms with Crippen molar-refractivity contribution < 1.29 is 37.0 Å². The molecule has 3 fully saturated rings. The average Bonchev–Trinajstić information content (AvgIpc) is 3.39. The number of ether oxygens (including phenoxy) is 3. The van der Waals surface area contributed by atoms with E-state index in [1.807, 2.05) is 17.0 Å². The SMILES string of the molecule is COc1ccc(NC(=O)N2C3CC2CN(c2ccc(-c4cc(OCC(C)(C)OC(=O)C(F)(F)F)cn5ncc(Cl)c45)cn2)C3)cn1. The first-order chi connectivity index (χ1) is 21.8. The molecule has 0 radical (unpaired) electrons. The fourth-order valence-electron chi connectivity index (χ4n) is 5.58. The molecular weight excluding hydrogens is 631 g/mol. The fraction of sp³-hybridized carbons (Fsp3) is 0.367. The number of aromatic nitrogens is 4. The Kier molecular flexibility index (Phi) is 8.04. The summed E-state index contributed by atoms with van der Waals surface area (Å²) in [5, 5.41) is 7.52. The maximum Gasteiger partial charge on any atom is 0.490 e.